The molecule has 0 atom stereocenters. The van der Waals surface area contributed by atoms with Crippen LogP contribution < -0.4 is 10.1 Å². The molecule has 0 unspecified atom stereocenters. The predicted octanol–water partition coefficient (Wildman–Crippen LogP) is 3.55. The second-order valence-electron chi connectivity index (χ2n) is 6.60. The van der Waals surface area contributed by atoms with Gasteiger partial charge in [-0.3, -0.25) is 9.78 Å². The van der Waals surface area contributed by atoms with Crippen LogP contribution in [-0.2, 0) is 6.54 Å². The zero-order valence-corrected chi connectivity index (χ0v) is 16.4. The van der Waals surface area contributed by atoms with Crippen LogP contribution in [0.3, 0.4) is 0 Å². The predicted molar refractivity (Wildman–Crippen MR) is 109 cm³/mol. The molecule has 156 valence electrons. The molecule has 4 aromatic rings. The number of nitrogens with zero attached hydrogens (tertiary/aromatic N) is 4. The monoisotopic (exact) mass is 421 g/mol. The summed E-state index contributed by atoms with van der Waals surface area (Å²) in [6.45, 7) is -0.0740. The van der Waals surface area contributed by atoms with Gasteiger partial charge in [0.15, 0.2) is 5.69 Å². The Bertz CT molecular complexity index is 1190. The number of aromatic nitrogens is 4. The van der Waals surface area contributed by atoms with Crippen molar-refractivity contribution in [3.05, 3.63) is 89.9 Å². The molecule has 2 aromatic heterocycles. The summed E-state index contributed by atoms with van der Waals surface area (Å²) in [6, 6.07) is 13.7. The van der Waals surface area contributed by atoms with Crippen molar-refractivity contribution in [3.8, 4) is 22.7 Å². The fourth-order valence-corrected chi connectivity index (χ4v) is 3.08. The zero-order valence-electron chi connectivity index (χ0n) is 16.4. The number of pyridine rings is 1. The van der Waals surface area contributed by atoms with E-state index in [4.69, 9.17) is 4.74 Å². The Labute approximate surface area is 176 Å². The highest BCUT2D eigenvalue weighted by Gasteiger charge is 2.22. The van der Waals surface area contributed by atoms with Crippen LogP contribution in [-0.4, -0.2) is 33.0 Å². The summed E-state index contributed by atoms with van der Waals surface area (Å²) >= 11 is 0. The van der Waals surface area contributed by atoms with Crippen molar-refractivity contribution in [1.29, 1.82) is 0 Å². The highest BCUT2D eigenvalue weighted by molar-refractivity contribution is 5.98. The average molecular weight is 421 g/mol. The first-order valence-corrected chi connectivity index (χ1v) is 9.29. The first-order valence-electron chi connectivity index (χ1n) is 9.29. The molecule has 0 saturated carbocycles. The van der Waals surface area contributed by atoms with Gasteiger partial charge in [-0.15, -0.1) is 5.10 Å². The van der Waals surface area contributed by atoms with Crippen molar-refractivity contribution >= 4 is 5.91 Å². The standard InChI is InChI=1S/C22H17F2N5O2/c1-31-19-6-4-18(5-7-19)29-21(15-3-2-8-25-13-15)20(27-28-29)22(30)26-12-14-9-16(23)11-17(24)10-14/h2-11,13H,12H2,1H3,(H,26,30). The van der Waals surface area contributed by atoms with Gasteiger partial charge in [-0.05, 0) is 54.1 Å². The van der Waals surface area contributed by atoms with Crippen LogP contribution in [0.1, 0.15) is 16.1 Å². The number of methoxy groups -OCH3 is 1. The van der Waals surface area contributed by atoms with E-state index in [1.807, 2.05) is 0 Å². The van der Waals surface area contributed by atoms with E-state index in [9.17, 15) is 13.6 Å². The number of nitrogens with one attached hydrogen (secondary N) is 1. The second-order valence-corrected chi connectivity index (χ2v) is 6.60. The minimum absolute atomic E-state index is 0.0562. The molecule has 2 aromatic carbocycles. The fraction of sp³-hybridized carbons (Fsp3) is 0.0909. The van der Waals surface area contributed by atoms with Gasteiger partial charge in [-0.25, -0.2) is 13.5 Å². The van der Waals surface area contributed by atoms with Crippen molar-refractivity contribution < 1.29 is 18.3 Å². The van der Waals surface area contributed by atoms with Crippen LogP contribution in [0.4, 0.5) is 8.78 Å². The summed E-state index contributed by atoms with van der Waals surface area (Å²) < 4.78 is 33.5. The molecule has 4 rings (SSSR count). The van der Waals surface area contributed by atoms with Gasteiger partial charge in [0.2, 0.25) is 0 Å². The molecular formula is C22H17F2N5O2. The summed E-state index contributed by atoms with van der Waals surface area (Å²) in [4.78, 5) is 17.0. The highest BCUT2D eigenvalue weighted by Crippen LogP contribution is 2.25. The number of carbonyl (C=O) groups excluding carboxylic acids is 1. The van der Waals surface area contributed by atoms with Crippen LogP contribution in [0.15, 0.2) is 67.0 Å². The van der Waals surface area contributed by atoms with E-state index in [1.165, 1.54) is 4.68 Å². The Balaban J connectivity index is 1.68. The zero-order chi connectivity index (χ0) is 21.8. The van der Waals surface area contributed by atoms with Crippen molar-refractivity contribution in [1.82, 2.24) is 25.3 Å². The third kappa shape index (κ3) is 4.40. The van der Waals surface area contributed by atoms with Crippen molar-refractivity contribution in [2.45, 2.75) is 6.54 Å². The maximum Gasteiger partial charge on any atom is 0.274 e. The average Bonchev–Trinajstić information content (AvgIpc) is 3.23. The lowest BCUT2D eigenvalue weighted by atomic mass is 10.1. The SMILES string of the molecule is COc1ccc(-n2nnc(C(=O)NCc3cc(F)cc(F)c3)c2-c2cccnc2)cc1. The van der Waals surface area contributed by atoms with E-state index in [-0.39, 0.29) is 17.8 Å². The molecular weight excluding hydrogens is 404 g/mol. The molecule has 0 aliphatic rings. The normalized spacial score (nSPS) is 10.7. The number of halogens is 2. The largest absolute Gasteiger partial charge is 0.497 e. The highest BCUT2D eigenvalue weighted by atomic mass is 19.1. The van der Waals surface area contributed by atoms with Gasteiger partial charge in [-0.1, -0.05) is 5.21 Å². The molecule has 0 fully saturated rings. The first-order chi connectivity index (χ1) is 15.0. The molecule has 9 heteroatoms. The van der Waals surface area contributed by atoms with Crippen LogP contribution in [0, 0.1) is 11.6 Å². The summed E-state index contributed by atoms with van der Waals surface area (Å²) in [6.07, 6.45) is 3.21. The van der Waals surface area contributed by atoms with E-state index in [1.54, 1.807) is 55.9 Å². The summed E-state index contributed by atoms with van der Waals surface area (Å²) in [5.41, 5.74) is 2.07. The Morgan fingerprint density at radius 3 is 2.48 bits per heavy atom. The van der Waals surface area contributed by atoms with Crippen LogP contribution in [0.25, 0.3) is 16.9 Å². The second kappa shape index (κ2) is 8.70. The molecule has 1 N–H and O–H groups in total. The lowest BCUT2D eigenvalue weighted by Crippen LogP contribution is -2.24. The van der Waals surface area contributed by atoms with Gasteiger partial charge in [0, 0.05) is 30.6 Å². The third-order valence-electron chi connectivity index (χ3n) is 4.51. The van der Waals surface area contributed by atoms with Gasteiger partial charge < -0.3 is 10.1 Å². The number of rotatable bonds is 6. The molecule has 2 heterocycles. The van der Waals surface area contributed by atoms with E-state index >= 15 is 0 Å². The Morgan fingerprint density at radius 1 is 1.10 bits per heavy atom. The molecule has 0 aliphatic heterocycles. The summed E-state index contributed by atoms with van der Waals surface area (Å²) in [5, 5.41) is 10.8. The molecule has 1 amide bonds. The molecule has 0 radical (unpaired) electrons. The Hall–Kier alpha value is -4.14. The van der Waals surface area contributed by atoms with Gasteiger partial charge in [0.05, 0.1) is 12.8 Å². The Morgan fingerprint density at radius 2 is 1.84 bits per heavy atom. The fourth-order valence-electron chi connectivity index (χ4n) is 3.08. The lowest BCUT2D eigenvalue weighted by molar-refractivity contribution is 0.0946. The number of carbonyl (C=O) groups is 1. The minimum Gasteiger partial charge on any atom is -0.497 e. The molecule has 0 saturated heterocycles. The van der Waals surface area contributed by atoms with E-state index in [0.29, 0.717) is 22.7 Å². The van der Waals surface area contributed by atoms with Crippen molar-refractivity contribution in [2.75, 3.05) is 7.11 Å². The smallest absolute Gasteiger partial charge is 0.274 e. The van der Waals surface area contributed by atoms with Crippen LogP contribution in [0.2, 0.25) is 0 Å². The molecule has 31 heavy (non-hydrogen) atoms. The van der Waals surface area contributed by atoms with Gasteiger partial charge in [0.1, 0.15) is 23.1 Å². The topological polar surface area (TPSA) is 81.9 Å². The lowest BCUT2D eigenvalue weighted by Gasteiger charge is -2.09. The number of benzene rings is 2. The number of amides is 1. The Kier molecular flexibility index (Phi) is 5.65. The number of hydrogen-bond acceptors (Lipinski definition) is 5. The van der Waals surface area contributed by atoms with E-state index < -0.39 is 17.5 Å². The molecule has 0 aliphatic carbocycles. The minimum atomic E-state index is -0.717. The van der Waals surface area contributed by atoms with E-state index in [2.05, 4.69) is 20.6 Å². The summed E-state index contributed by atoms with van der Waals surface area (Å²) in [7, 11) is 1.57. The maximum atomic E-state index is 13.4. The van der Waals surface area contributed by atoms with Crippen LogP contribution in [0.5, 0.6) is 5.75 Å². The van der Waals surface area contributed by atoms with Gasteiger partial charge in [0.25, 0.3) is 5.91 Å². The van der Waals surface area contributed by atoms with Crippen LogP contribution >= 0.6 is 0 Å². The quantitative estimate of drug-likeness (QED) is 0.515. The van der Waals surface area contributed by atoms with Crippen molar-refractivity contribution in [2.24, 2.45) is 0 Å². The number of hydrogen-bond donors (Lipinski definition) is 1. The molecule has 0 bridgehead atoms. The summed E-state index contributed by atoms with van der Waals surface area (Å²) in [5.74, 6) is -1.30. The molecule has 0 spiro atoms. The third-order valence-corrected chi connectivity index (χ3v) is 4.51. The van der Waals surface area contributed by atoms with E-state index in [0.717, 1.165) is 18.2 Å². The van der Waals surface area contributed by atoms with Gasteiger partial charge in [-0.2, -0.15) is 0 Å². The maximum absolute atomic E-state index is 13.4. The number of ether oxygens (including phenoxy) is 1. The van der Waals surface area contributed by atoms with Gasteiger partial charge >= 0.3 is 0 Å². The van der Waals surface area contributed by atoms with Crippen molar-refractivity contribution in [3.63, 3.8) is 0 Å². The molecule has 7 nitrogen and oxygen atoms in total. The first kappa shape index (κ1) is 20.1.